The summed E-state index contributed by atoms with van der Waals surface area (Å²) in [5.74, 6) is 0.140. The molecule has 2 atom stereocenters. The van der Waals surface area contributed by atoms with E-state index in [1.54, 1.807) is 18.2 Å². The van der Waals surface area contributed by atoms with Gasteiger partial charge in [0.05, 0.1) is 5.92 Å². The highest BCUT2D eigenvalue weighted by Crippen LogP contribution is 2.31. The zero-order valence-electron chi connectivity index (χ0n) is 13.4. The number of hydrogen-bond donors (Lipinski definition) is 2. The second kappa shape index (κ2) is 7.73. The molecule has 0 radical (unpaired) electrons. The first kappa shape index (κ1) is 17.7. The topological polar surface area (TPSA) is 64.4 Å². The van der Waals surface area contributed by atoms with Crippen LogP contribution in [-0.2, 0) is 11.3 Å². The Labute approximate surface area is 135 Å². The van der Waals surface area contributed by atoms with E-state index in [2.05, 4.69) is 5.32 Å². The highest BCUT2D eigenvalue weighted by molar-refractivity contribution is 5.80. The fourth-order valence-corrected chi connectivity index (χ4v) is 3.01. The maximum Gasteiger partial charge on any atom is 0.272 e. The van der Waals surface area contributed by atoms with Gasteiger partial charge in [-0.2, -0.15) is 0 Å². The molecule has 0 spiro atoms. The van der Waals surface area contributed by atoms with E-state index < -0.39 is 18.6 Å². The maximum atomic E-state index is 12.4. The molecule has 0 bridgehead atoms. The number of carbonyl (C=O) groups excluding carboxylic acids is 1. The Morgan fingerprint density at radius 2 is 2.26 bits per heavy atom. The van der Waals surface area contributed by atoms with Crippen molar-refractivity contribution in [3.63, 3.8) is 0 Å². The lowest BCUT2D eigenvalue weighted by atomic mass is 9.74. The van der Waals surface area contributed by atoms with Gasteiger partial charge in [0.1, 0.15) is 12.4 Å². The molecule has 6 heteroatoms. The van der Waals surface area contributed by atoms with E-state index in [9.17, 15) is 13.6 Å². The fourth-order valence-electron chi connectivity index (χ4n) is 3.01. The van der Waals surface area contributed by atoms with E-state index in [-0.39, 0.29) is 11.8 Å². The van der Waals surface area contributed by atoms with Gasteiger partial charge in [-0.25, -0.2) is 8.78 Å². The van der Waals surface area contributed by atoms with Crippen molar-refractivity contribution >= 4 is 5.91 Å². The molecule has 1 aromatic rings. The number of alkyl halides is 2. The lowest BCUT2D eigenvalue weighted by molar-refractivity contribution is -0.128. The summed E-state index contributed by atoms with van der Waals surface area (Å²) in [6.45, 7) is 1.62. The molecule has 3 N–H and O–H groups in total. The van der Waals surface area contributed by atoms with Crippen LogP contribution in [0.3, 0.4) is 0 Å². The predicted octanol–water partition coefficient (Wildman–Crippen LogP) is 2.85. The number of benzene rings is 1. The van der Waals surface area contributed by atoms with Crippen LogP contribution in [-0.4, -0.2) is 24.5 Å². The molecule has 0 aromatic heterocycles. The third-order valence-corrected chi connectivity index (χ3v) is 4.31. The van der Waals surface area contributed by atoms with Crippen molar-refractivity contribution in [2.75, 3.05) is 6.61 Å². The first-order chi connectivity index (χ1) is 10.9. The van der Waals surface area contributed by atoms with Gasteiger partial charge in [0.25, 0.3) is 6.43 Å². The van der Waals surface area contributed by atoms with Crippen LogP contribution in [0.25, 0.3) is 0 Å². The van der Waals surface area contributed by atoms with Crippen molar-refractivity contribution in [2.45, 2.75) is 51.1 Å². The summed E-state index contributed by atoms with van der Waals surface area (Å²) in [5, 5.41) is 2.89. The molecular formula is C17H24F2N2O2. The third kappa shape index (κ3) is 5.16. The number of carbonyl (C=O) groups is 1. The summed E-state index contributed by atoms with van der Waals surface area (Å²) in [4.78, 5) is 12.4. The average molecular weight is 326 g/mol. The Balaban J connectivity index is 1.90. The van der Waals surface area contributed by atoms with Gasteiger partial charge in [-0.1, -0.05) is 25.0 Å². The van der Waals surface area contributed by atoms with Crippen molar-refractivity contribution in [1.29, 1.82) is 0 Å². The molecule has 1 aliphatic rings. The monoisotopic (exact) mass is 326 g/mol. The minimum atomic E-state index is -2.51. The van der Waals surface area contributed by atoms with E-state index >= 15 is 0 Å². The van der Waals surface area contributed by atoms with Crippen LogP contribution in [0.5, 0.6) is 5.75 Å². The Morgan fingerprint density at radius 1 is 1.48 bits per heavy atom. The average Bonchev–Trinajstić information content (AvgIpc) is 2.50. The standard InChI is InChI=1S/C17H24F2N2O2/c1-17(20)8-3-2-7-14(17)16(22)21-10-12-5-4-6-13(9-12)23-11-15(18)19/h4-6,9,14-15H,2-3,7-8,10-11,20H2,1H3,(H,21,22). The summed E-state index contributed by atoms with van der Waals surface area (Å²) in [7, 11) is 0. The summed E-state index contributed by atoms with van der Waals surface area (Å²) in [6, 6.07) is 6.81. The van der Waals surface area contributed by atoms with Gasteiger partial charge in [-0.05, 0) is 37.5 Å². The largest absolute Gasteiger partial charge is 0.488 e. The van der Waals surface area contributed by atoms with Crippen LogP contribution < -0.4 is 15.8 Å². The smallest absolute Gasteiger partial charge is 0.272 e. The molecule has 0 saturated heterocycles. The normalized spacial score (nSPS) is 24.5. The minimum Gasteiger partial charge on any atom is -0.488 e. The molecule has 23 heavy (non-hydrogen) atoms. The van der Waals surface area contributed by atoms with E-state index in [0.717, 1.165) is 31.2 Å². The Hall–Kier alpha value is -1.69. The minimum absolute atomic E-state index is 0.0476. The Kier molecular flexibility index (Phi) is 5.93. The van der Waals surface area contributed by atoms with E-state index in [0.29, 0.717) is 12.3 Å². The van der Waals surface area contributed by atoms with Crippen LogP contribution in [0.1, 0.15) is 38.2 Å². The lowest BCUT2D eigenvalue weighted by Crippen LogP contribution is -2.52. The molecule has 0 heterocycles. The third-order valence-electron chi connectivity index (χ3n) is 4.31. The van der Waals surface area contributed by atoms with Gasteiger partial charge in [0.2, 0.25) is 5.91 Å². The highest BCUT2D eigenvalue weighted by atomic mass is 19.3. The summed E-state index contributed by atoms with van der Waals surface area (Å²) >= 11 is 0. The zero-order chi connectivity index (χ0) is 16.9. The number of hydrogen-bond acceptors (Lipinski definition) is 3. The van der Waals surface area contributed by atoms with E-state index in [1.807, 2.05) is 13.0 Å². The van der Waals surface area contributed by atoms with Gasteiger partial charge >= 0.3 is 0 Å². The summed E-state index contributed by atoms with van der Waals surface area (Å²) < 4.78 is 29.3. The van der Waals surface area contributed by atoms with Gasteiger partial charge in [-0.3, -0.25) is 4.79 Å². The summed E-state index contributed by atoms with van der Waals surface area (Å²) in [6.07, 6.45) is 1.22. The molecule has 1 saturated carbocycles. The molecule has 1 fully saturated rings. The molecule has 2 unspecified atom stereocenters. The second-order valence-electron chi connectivity index (χ2n) is 6.37. The molecule has 128 valence electrons. The summed E-state index contributed by atoms with van der Waals surface area (Å²) in [5.41, 5.74) is 6.57. The number of nitrogens with one attached hydrogen (secondary N) is 1. The van der Waals surface area contributed by atoms with E-state index in [1.165, 1.54) is 0 Å². The van der Waals surface area contributed by atoms with Crippen molar-refractivity contribution < 1.29 is 18.3 Å². The number of nitrogens with two attached hydrogens (primary N) is 1. The Bertz CT molecular complexity index is 535. The number of amides is 1. The zero-order valence-corrected chi connectivity index (χ0v) is 13.4. The van der Waals surface area contributed by atoms with Crippen LogP contribution in [0.15, 0.2) is 24.3 Å². The first-order valence-corrected chi connectivity index (χ1v) is 7.95. The second-order valence-corrected chi connectivity index (χ2v) is 6.37. The molecule has 4 nitrogen and oxygen atoms in total. The van der Waals surface area contributed by atoms with Gasteiger partial charge < -0.3 is 15.8 Å². The van der Waals surface area contributed by atoms with Crippen LogP contribution >= 0.6 is 0 Å². The first-order valence-electron chi connectivity index (χ1n) is 7.95. The number of ether oxygens (including phenoxy) is 1. The van der Waals surface area contributed by atoms with Crippen molar-refractivity contribution in [3.05, 3.63) is 29.8 Å². The van der Waals surface area contributed by atoms with Crippen molar-refractivity contribution in [2.24, 2.45) is 11.7 Å². The quantitative estimate of drug-likeness (QED) is 0.845. The molecule has 1 amide bonds. The predicted molar refractivity (Wildman–Crippen MR) is 84.3 cm³/mol. The lowest BCUT2D eigenvalue weighted by Gasteiger charge is -2.37. The molecule has 2 rings (SSSR count). The molecule has 1 aliphatic carbocycles. The number of rotatable bonds is 6. The molecule has 1 aromatic carbocycles. The van der Waals surface area contributed by atoms with Gasteiger partial charge in [0, 0.05) is 12.1 Å². The van der Waals surface area contributed by atoms with Crippen LogP contribution in [0.2, 0.25) is 0 Å². The van der Waals surface area contributed by atoms with Crippen LogP contribution in [0.4, 0.5) is 8.78 Å². The SMILES string of the molecule is CC1(N)CCCCC1C(=O)NCc1cccc(OCC(F)F)c1. The Morgan fingerprint density at radius 3 is 2.96 bits per heavy atom. The molecular weight excluding hydrogens is 302 g/mol. The van der Waals surface area contributed by atoms with Crippen molar-refractivity contribution in [3.8, 4) is 5.75 Å². The number of halogens is 2. The van der Waals surface area contributed by atoms with Gasteiger partial charge in [-0.15, -0.1) is 0 Å². The highest BCUT2D eigenvalue weighted by Gasteiger charge is 2.37. The van der Waals surface area contributed by atoms with Gasteiger partial charge in [0.15, 0.2) is 0 Å². The van der Waals surface area contributed by atoms with Crippen LogP contribution in [0, 0.1) is 5.92 Å². The molecule has 0 aliphatic heterocycles. The van der Waals surface area contributed by atoms with E-state index in [4.69, 9.17) is 10.5 Å². The maximum absolute atomic E-state index is 12.4. The van der Waals surface area contributed by atoms with Crippen molar-refractivity contribution in [1.82, 2.24) is 5.32 Å². The fraction of sp³-hybridized carbons (Fsp3) is 0.588.